The van der Waals surface area contributed by atoms with Gasteiger partial charge in [0.05, 0.1) is 11.8 Å². The van der Waals surface area contributed by atoms with Crippen molar-refractivity contribution < 1.29 is 13.2 Å². The molecule has 1 unspecified atom stereocenters. The van der Waals surface area contributed by atoms with E-state index in [4.69, 9.17) is 0 Å². The standard InChI is InChI=1S/C19H26N4O3S/c1-20-27(25,26)14-16-9-7-15(8-10-16)13-21-19(24)23-12-4-6-18(23)17-5-3-11-22(17)2/h3,5,7-11,18,20H,4,6,12-14H2,1-2H3,(H,21,24). The topological polar surface area (TPSA) is 83.4 Å². The number of aromatic nitrogens is 1. The van der Waals surface area contributed by atoms with Gasteiger partial charge in [-0.25, -0.2) is 17.9 Å². The molecule has 0 aliphatic carbocycles. The number of sulfonamides is 1. The number of hydrogen-bond acceptors (Lipinski definition) is 3. The third-order valence-electron chi connectivity index (χ3n) is 4.97. The normalized spacial score (nSPS) is 17.3. The zero-order valence-corrected chi connectivity index (χ0v) is 16.5. The quantitative estimate of drug-likeness (QED) is 0.792. The zero-order valence-electron chi connectivity index (χ0n) is 15.7. The van der Waals surface area contributed by atoms with E-state index in [1.807, 2.05) is 36.3 Å². The molecule has 0 bridgehead atoms. The van der Waals surface area contributed by atoms with Gasteiger partial charge in [0, 0.05) is 32.0 Å². The Labute approximate surface area is 160 Å². The van der Waals surface area contributed by atoms with Crippen LogP contribution in [0.15, 0.2) is 42.6 Å². The Kier molecular flexibility index (Phi) is 5.86. The SMILES string of the molecule is CNS(=O)(=O)Cc1ccc(CNC(=O)N2CCCC2c2cccn2C)cc1. The van der Waals surface area contributed by atoms with Crippen LogP contribution < -0.4 is 10.0 Å². The molecule has 2 aromatic rings. The summed E-state index contributed by atoms with van der Waals surface area (Å²) in [4.78, 5) is 14.5. The van der Waals surface area contributed by atoms with Crippen molar-refractivity contribution in [1.82, 2.24) is 19.5 Å². The van der Waals surface area contributed by atoms with E-state index in [0.717, 1.165) is 30.6 Å². The number of aryl methyl sites for hydroxylation is 1. The van der Waals surface area contributed by atoms with Gasteiger partial charge >= 0.3 is 6.03 Å². The van der Waals surface area contributed by atoms with Crippen molar-refractivity contribution in [2.45, 2.75) is 31.2 Å². The average molecular weight is 391 g/mol. The number of nitrogens with one attached hydrogen (secondary N) is 2. The van der Waals surface area contributed by atoms with Crippen molar-refractivity contribution in [2.24, 2.45) is 7.05 Å². The number of amides is 2. The van der Waals surface area contributed by atoms with Crippen molar-refractivity contribution in [3.05, 3.63) is 59.4 Å². The molecule has 2 N–H and O–H groups in total. The van der Waals surface area contributed by atoms with Crippen molar-refractivity contribution in [3.63, 3.8) is 0 Å². The first kappa shape index (κ1) is 19.4. The van der Waals surface area contributed by atoms with E-state index in [0.29, 0.717) is 12.1 Å². The molecule has 1 aliphatic heterocycles. The smallest absolute Gasteiger partial charge is 0.318 e. The first-order valence-corrected chi connectivity index (χ1v) is 10.7. The summed E-state index contributed by atoms with van der Waals surface area (Å²) in [7, 11) is 0.121. The van der Waals surface area contributed by atoms with Crippen LogP contribution in [0.1, 0.15) is 35.7 Å². The summed E-state index contributed by atoms with van der Waals surface area (Å²) in [5.74, 6) is -0.0533. The van der Waals surface area contributed by atoms with Crippen molar-refractivity contribution in [1.29, 1.82) is 0 Å². The summed E-state index contributed by atoms with van der Waals surface area (Å²) >= 11 is 0. The summed E-state index contributed by atoms with van der Waals surface area (Å²) in [5.41, 5.74) is 2.80. The lowest BCUT2D eigenvalue weighted by Crippen LogP contribution is -2.39. The molecule has 1 aromatic carbocycles. The maximum atomic E-state index is 12.6. The van der Waals surface area contributed by atoms with Gasteiger partial charge in [0.1, 0.15) is 0 Å². The molecule has 0 spiro atoms. The highest BCUT2D eigenvalue weighted by Gasteiger charge is 2.31. The molecule has 3 rings (SSSR count). The summed E-state index contributed by atoms with van der Waals surface area (Å²) < 4.78 is 27.6. The minimum absolute atomic E-state index is 0.0533. The molecule has 2 heterocycles. The van der Waals surface area contributed by atoms with Crippen LogP contribution in [0.25, 0.3) is 0 Å². The van der Waals surface area contributed by atoms with E-state index in [2.05, 4.69) is 20.7 Å². The van der Waals surface area contributed by atoms with Crippen LogP contribution in [0.4, 0.5) is 4.79 Å². The van der Waals surface area contributed by atoms with Crippen LogP contribution in [0.3, 0.4) is 0 Å². The summed E-state index contributed by atoms with van der Waals surface area (Å²) in [6, 6.07) is 11.4. The van der Waals surface area contributed by atoms with Gasteiger partial charge in [0.25, 0.3) is 0 Å². The van der Waals surface area contributed by atoms with E-state index in [1.165, 1.54) is 7.05 Å². The molecule has 1 aromatic heterocycles. The Balaban J connectivity index is 1.58. The fourth-order valence-electron chi connectivity index (χ4n) is 3.46. The molecule has 1 atom stereocenters. The Morgan fingerprint density at radius 3 is 2.52 bits per heavy atom. The first-order chi connectivity index (χ1) is 12.9. The Morgan fingerprint density at radius 2 is 1.89 bits per heavy atom. The van der Waals surface area contributed by atoms with Crippen molar-refractivity contribution in [3.8, 4) is 0 Å². The molecule has 8 heteroatoms. The maximum absolute atomic E-state index is 12.6. The number of nitrogens with zero attached hydrogens (tertiary/aromatic N) is 2. The summed E-state index contributed by atoms with van der Waals surface area (Å²) in [6.07, 6.45) is 3.97. The van der Waals surface area contributed by atoms with Crippen LogP contribution in [-0.4, -0.2) is 37.5 Å². The predicted octanol–water partition coefficient (Wildman–Crippen LogP) is 2.12. The Bertz CT molecular complexity index is 890. The lowest BCUT2D eigenvalue weighted by Gasteiger charge is -2.25. The number of urea groups is 1. The molecule has 0 radical (unpaired) electrons. The average Bonchev–Trinajstić information content (AvgIpc) is 3.29. The van der Waals surface area contributed by atoms with Gasteiger partial charge in [0.15, 0.2) is 0 Å². The van der Waals surface area contributed by atoms with Crippen LogP contribution in [0.2, 0.25) is 0 Å². The van der Waals surface area contributed by atoms with Crippen LogP contribution in [0, 0.1) is 0 Å². The van der Waals surface area contributed by atoms with E-state index in [-0.39, 0.29) is 17.8 Å². The highest BCUT2D eigenvalue weighted by molar-refractivity contribution is 7.88. The largest absolute Gasteiger partial charge is 0.353 e. The predicted molar refractivity (Wildman–Crippen MR) is 104 cm³/mol. The first-order valence-electron chi connectivity index (χ1n) is 9.04. The molecule has 0 saturated carbocycles. The molecular formula is C19H26N4O3S. The fourth-order valence-corrected chi connectivity index (χ4v) is 4.24. The van der Waals surface area contributed by atoms with Crippen molar-refractivity contribution >= 4 is 16.1 Å². The summed E-state index contributed by atoms with van der Waals surface area (Å²) in [5, 5.41) is 2.98. The second kappa shape index (κ2) is 8.14. The monoisotopic (exact) mass is 390 g/mol. The van der Waals surface area contributed by atoms with Gasteiger partial charge < -0.3 is 14.8 Å². The minimum Gasteiger partial charge on any atom is -0.353 e. The highest BCUT2D eigenvalue weighted by Crippen LogP contribution is 2.31. The van der Waals surface area contributed by atoms with E-state index in [9.17, 15) is 13.2 Å². The number of likely N-dealkylation sites (tertiary alicyclic amines) is 1. The lowest BCUT2D eigenvalue weighted by atomic mass is 10.1. The maximum Gasteiger partial charge on any atom is 0.318 e. The van der Waals surface area contributed by atoms with Gasteiger partial charge in [-0.15, -0.1) is 0 Å². The van der Waals surface area contributed by atoms with E-state index >= 15 is 0 Å². The second-order valence-corrected chi connectivity index (χ2v) is 8.76. The molecule has 1 fully saturated rings. The molecule has 146 valence electrons. The molecule has 2 amide bonds. The number of carbonyl (C=O) groups is 1. The molecular weight excluding hydrogens is 364 g/mol. The molecule has 1 saturated heterocycles. The van der Waals surface area contributed by atoms with Gasteiger partial charge in [-0.2, -0.15) is 0 Å². The number of rotatable bonds is 6. The van der Waals surface area contributed by atoms with Gasteiger partial charge in [-0.3, -0.25) is 0 Å². The second-order valence-electron chi connectivity index (χ2n) is 6.83. The minimum atomic E-state index is -3.28. The van der Waals surface area contributed by atoms with Gasteiger partial charge in [-0.1, -0.05) is 24.3 Å². The zero-order chi connectivity index (χ0) is 19.4. The van der Waals surface area contributed by atoms with E-state index < -0.39 is 10.0 Å². The summed E-state index contributed by atoms with van der Waals surface area (Å²) in [6.45, 7) is 1.16. The highest BCUT2D eigenvalue weighted by atomic mass is 32.2. The van der Waals surface area contributed by atoms with Crippen molar-refractivity contribution in [2.75, 3.05) is 13.6 Å². The molecule has 27 heavy (non-hydrogen) atoms. The van der Waals surface area contributed by atoms with Gasteiger partial charge in [0.2, 0.25) is 10.0 Å². The number of benzene rings is 1. The van der Waals surface area contributed by atoms with E-state index in [1.54, 1.807) is 12.1 Å². The molecule has 7 nitrogen and oxygen atoms in total. The number of hydrogen-bond donors (Lipinski definition) is 2. The third kappa shape index (κ3) is 4.70. The van der Waals surface area contributed by atoms with Crippen LogP contribution >= 0.6 is 0 Å². The third-order valence-corrected chi connectivity index (χ3v) is 6.31. The molecule has 1 aliphatic rings. The Hall–Kier alpha value is -2.32. The number of carbonyl (C=O) groups excluding carboxylic acids is 1. The fraction of sp³-hybridized carbons (Fsp3) is 0.421. The van der Waals surface area contributed by atoms with Gasteiger partial charge in [-0.05, 0) is 43.1 Å². The lowest BCUT2D eigenvalue weighted by molar-refractivity contribution is 0.191. The van der Waals surface area contributed by atoms with Crippen LogP contribution in [-0.2, 0) is 29.4 Å². The van der Waals surface area contributed by atoms with Crippen LogP contribution in [0.5, 0.6) is 0 Å². The Morgan fingerprint density at radius 1 is 1.19 bits per heavy atom.